The van der Waals surface area contributed by atoms with Crippen LogP contribution in [0.4, 0.5) is 4.79 Å². The van der Waals surface area contributed by atoms with Crippen LogP contribution in [0.15, 0.2) is 0 Å². The van der Waals surface area contributed by atoms with E-state index >= 15 is 0 Å². The molecule has 1 heterocycles. The van der Waals surface area contributed by atoms with Gasteiger partial charge in [0.05, 0.1) is 0 Å². The maximum atomic E-state index is 11.8. The zero-order valence-electron chi connectivity index (χ0n) is 12.4. The lowest BCUT2D eigenvalue weighted by molar-refractivity contribution is 0.207. The van der Waals surface area contributed by atoms with Crippen LogP contribution in [0.25, 0.3) is 0 Å². The Balaban J connectivity index is 1.93. The zero-order chi connectivity index (χ0) is 13.4. The van der Waals surface area contributed by atoms with E-state index in [1.54, 1.807) is 0 Å². The minimum absolute atomic E-state index is 0.140. The molecule has 0 aliphatic carbocycles. The lowest BCUT2D eigenvalue weighted by atomic mass is 10.0. The fourth-order valence-electron chi connectivity index (χ4n) is 2.46. The van der Waals surface area contributed by atoms with Gasteiger partial charge < -0.3 is 10.2 Å². The number of nitrogens with one attached hydrogen (secondary N) is 1. The molecule has 1 rings (SSSR count). The van der Waals surface area contributed by atoms with Gasteiger partial charge in [0.2, 0.25) is 0 Å². The molecule has 0 radical (unpaired) electrons. The van der Waals surface area contributed by atoms with Crippen LogP contribution in [0.5, 0.6) is 0 Å². The van der Waals surface area contributed by atoms with Gasteiger partial charge in [0.15, 0.2) is 0 Å². The summed E-state index contributed by atoms with van der Waals surface area (Å²) >= 11 is 0. The predicted octanol–water partition coefficient (Wildman–Crippen LogP) is 3.64. The molecule has 1 saturated heterocycles. The molecule has 0 aromatic carbocycles. The van der Waals surface area contributed by atoms with E-state index < -0.39 is 0 Å². The minimum Gasteiger partial charge on any atom is -0.338 e. The lowest BCUT2D eigenvalue weighted by Crippen LogP contribution is -2.38. The number of hydrogen-bond donors (Lipinski definition) is 1. The number of hydrogen-bond acceptors (Lipinski definition) is 1. The molecule has 1 aliphatic rings. The van der Waals surface area contributed by atoms with Crippen molar-refractivity contribution in [1.82, 2.24) is 10.2 Å². The van der Waals surface area contributed by atoms with Crippen molar-refractivity contribution in [3.8, 4) is 0 Å². The summed E-state index contributed by atoms with van der Waals surface area (Å²) < 4.78 is 0. The van der Waals surface area contributed by atoms with E-state index in [1.165, 1.54) is 25.7 Å². The molecule has 1 N–H and O–H groups in total. The highest BCUT2D eigenvalue weighted by Gasteiger charge is 2.22. The van der Waals surface area contributed by atoms with Gasteiger partial charge in [-0.1, -0.05) is 46.5 Å². The van der Waals surface area contributed by atoms with Gasteiger partial charge in [0.25, 0.3) is 0 Å². The van der Waals surface area contributed by atoms with E-state index in [0.29, 0.717) is 5.92 Å². The highest BCUT2D eigenvalue weighted by Crippen LogP contribution is 2.14. The molecule has 0 aromatic heterocycles. The van der Waals surface area contributed by atoms with Gasteiger partial charge in [-0.2, -0.15) is 0 Å². The van der Waals surface area contributed by atoms with Crippen molar-refractivity contribution in [2.24, 2.45) is 11.8 Å². The summed E-state index contributed by atoms with van der Waals surface area (Å²) in [5.41, 5.74) is 0. The van der Waals surface area contributed by atoms with E-state index in [-0.39, 0.29) is 6.03 Å². The van der Waals surface area contributed by atoms with Crippen molar-refractivity contribution < 1.29 is 4.79 Å². The Morgan fingerprint density at radius 3 is 2.61 bits per heavy atom. The molecule has 3 heteroatoms. The van der Waals surface area contributed by atoms with Crippen molar-refractivity contribution in [3.63, 3.8) is 0 Å². The quantitative estimate of drug-likeness (QED) is 0.691. The topological polar surface area (TPSA) is 32.3 Å². The molecule has 0 saturated carbocycles. The number of rotatable bonds is 7. The van der Waals surface area contributed by atoms with Crippen molar-refractivity contribution in [2.75, 3.05) is 19.6 Å². The van der Waals surface area contributed by atoms with Crippen LogP contribution >= 0.6 is 0 Å². The normalized spacial score (nSPS) is 19.6. The first-order valence-electron chi connectivity index (χ1n) is 7.62. The molecule has 106 valence electrons. The second kappa shape index (κ2) is 8.39. The highest BCUT2D eigenvalue weighted by atomic mass is 16.2. The summed E-state index contributed by atoms with van der Waals surface area (Å²) in [6, 6.07) is 0.140. The fourth-order valence-corrected chi connectivity index (χ4v) is 2.46. The third kappa shape index (κ3) is 6.27. The summed E-state index contributed by atoms with van der Waals surface area (Å²) in [5.74, 6) is 1.49. The Kier molecular flexibility index (Phi) is 7.14. The van der Waals surface area contributed by atoms with E-state index in [0.717, 1.165) is 38.4 Å². The molecule has 1 unspecified atom stereocenters. The van der Waals surface area contributed by atoms with Gasteiger partial charge in [0.1, 0.15) is 0 Å². The summed E-state index contributed by atoms with van der Waals surface area (Å²) in [5, 5.41) is 3.03. The summed E-state index contributed by atoms with van der Waals surface area (Å²) in [4.78, 5) is 13.7. The fraction of sp³-hybridized carbons (Fsp3) is 0.933. The molecule has 1 atom stereocenters. The van der Waals surface area contributed by atoms with Gasteiger partial charge in [-0.25, -0.2) is 4.79 Å². The van der Waals surface area contributed by atoms with Crippen LogP contribution in [-0.4, -0.2) is 30.6 Å². The van der Waals surface area contributed by atoms with Crippen molar-refractivity contribution in [1.29, 1.82) is 0 Å². The summed E-state index contributed by atoms with van der Waals surface area (Å²) in [6.45, 7) is 9.46. The van der Waals surface area contributed by atoms with E-state index in [9.17, 15) is 4.79 Å². The van der Waals surface area contributed by atoms with Crippen LogP contribution in [-0.2, 0) is 0 Å². The average molecular weight is 254 g/mol. The number of urea groups is 1. The molecule has 0 bridgehead atoms. The number of amides is 2. The minimum atomic E-state index is 0.140. The largest absolute Gasteiger partial charge is 0.338 e. The molecule has 3 nitrogen and oxygen atoms in total. The lowest BCUT2D eigenvalue weighted by Gasteiger charge is -2.16. The number of unbranched alkanes of at least 4 members (excludes halogenated alkanes) is 3. The van der Waals surface area contributed by atoms with Crippen LogP contribution < -0.4 is 5.32 Å². The molecule has 1 aliphatic heterocycles. The molecule has 18 heavy (non-hydrogen) atoms. The van der Waals surface area contributed by atoms with Crippen LogP contribution in [0, 0.1) is 11.8 Å². The van der Waals surface area contributed by atoms with Crippen LogP contribution in [0.3, 0.4) is 0 Å². The monoisotopic (exact) mass is 254 g/mol. The standard InChI is InChI=1S/C15H30N2O/c1-13(2)8-6-4-5-7-10-16-15(18)17-11-9-14(3)12-17/h13-14H,4-12H2,1-3H3,(H,16,18). The number of carbonyl (C=O) groups excluding carboxylic acids is 1. The van der Waals surface area contributed by atoms with Crippen molar-refractivity contribution in [2.45, 2.75) is 59.3 Å². The van der Waals surface area contributed by atoms with Crippen LogP contribution in [0.2, 0.25) is 0 Å². The molecule has 0 spiro atoms. The average Bonchev–Trinajstić information content (AvgIpc) is 2.74. The first-order chi connectivity index (χ1) is 8.59. The Morgan fingerprint density at radius 2 is 2.00 bits per heavy atom. The summed E-state index contributed by atoms with van der Waals surface area (Å²) in [7, 11) is 0. The third-order valence-corrected chi connectivity index (χ3v) is 3.70. The third-order valence-electron chi connectivity index (χ3n) is 3.70. The number of nitrogens with zero attached hydrogens (tertiary/aromatic N) is 1. The van der Waals surface area contributed by atoms with Crippen LogP contribution in [0.1, 0.15) is 59.3 Å². The van der Waals surface area contributed by atoms with E-state index in [1.807, 2.05) is 4.90 Å². The number of likely N-dealkylation sites (tertiary alicyclic amines) is 1. The van der Waals surface area contributed by atoms with E-state index in [4.69, 9.17) is 0 Å². The van der Waals surface area contributed by atoms with Gasteiger partial charge >= 0.3 is 6.03 Å². The molecule has 0 aromatic rings. The van der Waals surface area contributed by atoms with Crippen molar-refractivity contribution >= 4 is 6.03 Å². The van der Waals surface area contributed by atoms with Crippen molar-refractivity contribution in [3.05, 3.63) is 0 Å². The smallest absolute Gasteiger partial charge is 0.317 e. The number of carbonyl (C=O) groups is 1. The second-order valence-corrected chi connectivity index (χ2v) is 6.17. The Hall–Kier alpha value is -0.730. The second-order valence-electron chi connectivity index (χ2n) is 6.17. The molecular formula is C15H30N2O. The SMILES string of the molecule is CC(C)CCCCCCNC(=O)N1CCC(C)C1. The first kappa shape index (κ1) is 15.3. The highest BCUT2D eigenvalue weighted by molar-refractivity contribution is 5.74. The first-order valence-corrected chi connectivity index (χ1v) is 7.62. The molecule has 1 fully saturated rings. The molecular weight excluding hydrogens is 224 g/mol. The van der Waals surface area contributed by atoms with Gasteiger partial charge in [0, 0.05) is 19.6 Å². The maximum Gasteiger partial charge on any atom is 0.317 e. The van der Waals surface area contributed by atoms with E-state index in [2.05, 4.69) is 26.1 Å². The van der Waals surface area contributed by atoms with Gasteiger partial charge in [-0.05, 0) is 24.7 Å². The molecule has 2 amide bonds. The van der Waals surface area contributed by atoms with Gasteiger partial charge in [-0.15, -0.1) is 0 Å². The summed E-state index contributed by atoms with van der Waals surface area (Å²) in [6.07, 6.45) is 7.47. The Morgan fingerprint density at radius 1 is 1.28 bits per heavy atom. The zero-order valence-corrected chi connectivity index (χ0v) is 12.4. The Bertz CT molecular complexity index is 241. The van der Waals surface area contributed by atoms with Gasteiger partial charge in [-0.3, -0.25) is 0 Å². The predicted molar refractivity (Wildman–Crippen MR) is 76.7 cm³/mol. The maximum absolute atomic E-state index is 11.8. The Labute approximate surface area is 112 Å².